The number of nitrogens with one attached hydrogen (secondary N) is 1. The maximum atomic E-state index is 10.2. The standard InChI is InChI=1S/C13H24N4O3S/c1-13(2,3)14-8-10(18)9-20-12-11(15-21-16-12)17-4-6-19-7-5-17/h10,14,18H,4-9H2,1-3H3/t10-/m1/s1/i9D2,10D. The molecule has 1 aromatic rings. The zero-order valence-electron chi connectivity index (χ0n) is 15.5. The second kappa shape index (κ2) is 7.35. The molecule has 8 heteroatoms. The topological polar surface area (TPSA) is 79.7 Å². The molecule has 0 spiro atoms. The second-order valence-corrected chi connectivity index (χ2v) is 6.28. The van der Waals surface area contributed by atoms with Crippen LogP contribution in [-0.4, -0.2) is 64.9 Å². The van der Waals surface area contributed by atoms with Gasteiger partial charge in [0.15, 0.2) is 0 Å². The van der Waals surface area contributed by atoms with Crippen LogP contribution in [0.3, 0.4) is 0 Å². The van der Waals surface area contributed by atoms with Gasteiger partial charge in [-0.15, -0.1) is 4.37 Å². The Morgan fingerprint density at radius 3 is 2.90 bits per heavy atom. The lowest BCUT2D eigenvalue weighted by Crippen LogP contribution is -2.42. The highest BCUT2D eigenvalue weighted by Gasteiger charge is 2.21. The second-order valence-electron chi connectivity index (χ2n) is 5.75. The van der Waals surface area contributed by atoms with Gasteiger partial charge in [0.1, 0.15) is 12.6 Å². The smallest absolute Gasteiger partial charge is 0.270 e. The van der Waals surface area contributed by atoms with E-state index in [1.54, 1.807) is 0 Å². The first-order valence-electron chi connectivity index (χ1n) is 8.33. The first kappa shape index (κ1) is 12.6. The molecule has 0 unspecified atom stereocenters. The van der Waals surface area contributed by atoms with Gasteiger partial charge >= 0.3 is 0 Å². The molecular weight excluding hydrogens is 292 g/mol. The minimum atomic E-state index is -2.66. The van der Waals surface area contributed by atoms with E-state index in [0.29, 0.717) is 32.1 Å². The van der Waals surface area contributed by atoms with Gasteiger partial charge in [0, 0.05) is 25.2 Å². The Hall–Kier alpha value is -0.960. The number of hydrogen-bond donors (Lipinski definition) is 2. The maximum absolute atomic E-state index is 10.2. The Balaban J connectivity index is 2.09. The molecule has 21 heavy (non-hydrogen) atoms. The van der Waals surface area contributed by atoms with Crippen molar-refractivity contribution in [3.05, 3.63) is 0 Å². The highest BCUT2D eigenvalue weighted by molar-refractivity contribution is 6.99. The Labute approximate surface area is 133 Å². The fourth-order valence-electron chi connectivity index (χ4n) is 1.70. The van der Waals surface area contributed by atoms with Crippen LogP contribution in [-0.2, 0) is 4.74 Å². The molecule has 0 aromatic carbocycles. The highest BCUT2D eigenvalue weighted by Crippen LogP contribution is 2.26. The van der Waals surface area contributed by atoms with Crippen molar-refractivity contribution in [2.24, 2.45) is 0 Å². The van der Waals surface area contributed by atoms with Gasteiger partial charge in [-0.3, -0.25) is 0 Å². The van der Waals surface area contributed by atoms with Crippen molar-refractivity contribution >= 4 is 17.5 Å². The van der Waals surface area contributed by atoms with E-state index in [1.165, 1.54) is 0 Å². The number of rotatable bonds is 6. The average molecular weight is 319 g/mol. The molecule has 1 saturated heterocycles. The van der Waals surface area contributed by atoms with Crippen molar-refractivity contribution in [1.29, 1.82) is 0 Å². The van der Waals surface area contributed by atoms with E-state index in [0.717, 1.165) is 11.7 Å². The molecule has 1 aliphatic heterocycles. The largest absolute Gasteiger partial charge is 0.472 e. The summed E-state index contributed by atoms with van der Waals surface area (Å²) in [5, 5.41) is 13.1. The molecule has 2 N–H and O–H groups in total. The lowest BCUT2D eigenvalue weighted by Gasteiger charge is -2.27. The van der Waals surface area contributed by atoms with Crippen LogP contribution >= 0.6 is 11.7 Å². The average Bonchev–Trinajstić information content (AvgIpc) is 2.93. The van der Waals surface area contributed by atoms with Crippen LogP contribution in [0.2, 0.25) is 0 Å². The summed E-state index contributed by atoms with van der Waals surface area (Å²) >= 11 is 0.896. The van der Waals surface area contributed by atoms with E-state index >= 15 is 0 Å². The van der Waals surface area contributed by atoms with Crippen molar-refractivity contribution in [1.82, 2.24) is 14.1 Å². The summed E-state index contributed by atoms with van der Waals surface area (Å²) in [4.78, 5) is 1.88. The van der Waals surface area contributed by atoms with Crippen LogP contribution in [0.15, 0.2) is 0 Å². The molecule has 0 amide bonds. The molecule has 7 nitrogen and oxygen atoms in total. The van der Waals surface area contributed by atoms with Gasteiger partial charge in [0.05, 0.1) is 29.1 Å². The van der Waals surface area contributed by atoms with E-state index < -0.39 is 12.6 Å². The molecule has 2 rings (SSSR count). The Morgan fingerprint density at radius 1 is 1.52 bits per heavy atom. The zero-order chi connectivity index (χ0) is 18.0. The number of ether oxygens (including phenoxy) is 2. The summed E-state index contributed by atoms with van der Waals surface area (Å²) in [6.07, 6.45) is -2.49. The third kappa shape index (κ3) is 5.39. The lowest BCUT2D eigenvalue weighted by molar-refractivity contribution is 0.0975. The molecular formula is C13H24N4O3S. The summed E-state index contributed by atoms with van der Waals surface area (Å²) < 4.78 is 42.6. The van der Waals surface area contributed by atoms with Gasteiger partial charge in [-0.25, -0.2) is 0 Å². The van der Waals surface area contributed by atoms with Crippen LogP contribution in [0.1, 0.15) is 24.9 Å². The highest BCUT2D eigenvalue weighted by atomic mass is 32.1. The molecule has 1 aromatic heterocycles. The number of β-amino-alcohol motifs (C(OH)–C–C–N with tert-alkyl or cyclic N) is 1. The van der Waals surface area contributed by atoms with Crippen LogP contribution < -0.4 is 15.0 Å². The minimum absolute atomic E-state index is 0.0201. The quantitative estimate of drug-likeness (QED) is 0.790. The van der Waals surface area contributed by atoms with Gasteiger partial charge in [0.25, 0.3) is 5.88 Å². The normalized spacial score (nSPS) is 22.1. The number of hydrogen-bond acceptors (Lipinski definition) is 8. The van der Waals surface area contributed by atoms with E-state index in [4.69, 9.17) is 13.6 Å². The van der Waals surface area contributed by atoms with Crippen molar-refractivity contribution in [3.8, 4) is 5.88 Å². The number of aromatic nitrogens is 2. The molecule has 0 bridgehead atoms. The van der Waals surface area contributed by atoms with Crippen molar-refractivity contribution in [2.75, 3.05) is 44.3 Å². The first-order chi connectivity index (χ1) is 11.0. The van der Waals surface area contributed by atoms with Crippen molar-refractivity contribution < 1.29 is 18.7 Å². The van der Waals surface area contributed by atoms with Gasteiger partial charge in [-0.1, -0.05) is 0 Å². The molecule has 1 aliphatic rings. The summed E-state index contributed by atoms with van der Waals surface area (Å²) in [6, 6.07) is 0. The molecule has 1 fully saturated rings. The fraction of sp³-hybridized carbons (Fsp3) is 0.846. The Bertz CT molecular complexity index is 545. The third-order valence-electron chi connectivity index (χ3n) is 2.80. The van der Waals surface area contributed by atoms with Crippen LogP contribution in [0.5, 0.6) is 5.88 Å². The summed E-state index contributed by atoms with van der Waals surface area (Å²) in [5.41, 5.74) is -0.369. The molecule has 2 heterocycles. The van der Waals surface area contributed by atoms with Crippen molar-refractivity contribution in [3.63, 3.8) is 0 Å². The van der Waals surface area contributed by atoms with Crippen LogP contribution in [0, 0.1) is 0 Å². The number of aliphatic hydroxyl groups is 1. The van der Waals surface area contributed by atoms with E-state index in [-0.39, 0.29) is 18.0 Å². The zero-order valence-corrected chi connectivity index (χ0v) is 13.4. The Morgan fingerprint density at radius 2 is 2.24 bits per heavy atom. The molecule has 1 atom stereocenters. The maximum Gasteiger partial charge on any atom is 0.270 e. The van der Waals surface area contributed by atoms with Crippen molar-refractivity contribution in [2.45, 2.75) is 32.4 Å². The molecule has 0 aliphatic carbocycles. The SMILES string of the molecule is [2H]C([2H])(Oc1nsnc1N1CCOCC1)[C@]([2H])(O)CNC(C)(C)C. The predicted octanol–water partition coefficient (Wildman–Crippen LogP) is 0.502. The van der Waals surface area contributed by atoms with Gasteiger partial charge in [-0.2, -0.15) is 4.37 Å². The number of anilines is 1. The fourth-order valence-corrected chi connectivity index (χ4v) is 2.21. The van der Waals surface area contributed by atoms with Crippen LogP contribution in [0.4, 0.5) is 5.82 Å². The summed E-state index contributed by atoms with van der Waals surface area (Å²) in [5.74, 6) is 0.389. The van der Waals surface area contributed by atoms with Crippen LogP contribution in [0.25, 0.3) is 0 Å². The lowest BCUT2D eigenvalue weighted by atomic mass is 10.1. The van der Waals surface area contributed by atoms with Gasteiger partial charge in [0.2, 0.25) is 5.82 Å². The van der Waals surface area contributed by atoms with Gasteiger partial charge < -0.3 is 24.8 Å². The molecule has 120 valence electrons. The predicted molar refractivity (Wildman–Crippen MR) is 82.2 cm³/mol. The number of morpholine rings is 1. The monoisotopic (exact) mass is 319 g/mol. The summed E-state index contributed by atoms with van der Waals surface area (Å²) in [6.45, 7) is 4.91. The molecule has 0 saturated carbocycles. The molecule has 0 radical (unpaired) electrons. The van der Waals surface area contributed by atoms with E-state index in [9.17, 15) is 5.11 Å². The summed E-state index contributed by atoms with van der Waals surface area (Å²) in [7, 11) is 0. The number of nitrogens with zero attached hydrogens (tertiary/aromatic N) is 3. The minimum Gasteiger partial charge on any atom is -0.472 e. The first-order valence-corrected chi connectivity index (χ1v) is 7.57. The third-order valence-corrected chi connectivity index (χ3v) is 3.31. The van der Waals surface area contributed by atoms with E-state index in [2.05, 4.69) is 14.1 Å². The Kier molecular flexibility index (Phi) is 4.40. The van der Waals surface area contributed by atoms with Gasteiger partial charge in [-0.05, 0) is 20.8 Å². The van der Waals surface area contributed by atoms with E-state index in [1.807, 2.05) is 25.7 Å².